The number of hydrogen-bond donors (Lipinski definition) is 3. The minimum Gasteiger partial charge on any atom is -0.493 e. The third-order valence-electron chi connectivity index (χ3n) is 3.77. The summed E-state index contributed by atoms with van der Waals surface area (Å²) >= 11 is 5.24. The first-order chi connectivity index (χ1) is 13.4. The summed E-state index contributed by atoms with van der Waals surface area (Å²) in [5.41, 5.74) is 10.8. The van der Waals surface area contributed by atoms with E-state index >= 15 is 0 Å². The van der Waals surface area contributed by atoms with Crippen LogP contribution in [-0.4, -0.2) is 31.0 Å². The molecule has 0 unspecified atom stereocenters. The van der Waals surface area contributed by atoms with Crippen molar-refractivity contribution in [1.29, 1.82) is 0 Å². The Morgan fingerprint density at radius 1 is 1.21 bits per heavy atom. The summed E-state index contributed by atoms with van der Waals surface area (Å²) < 4.78 is 10.5. The number of primary amides is 1. The maximum atomic E-state index is 10.8. The molecule has 0 saturated heterocycles. The smallest absolute Gasteiger partial charge is 0.255 e. The number of ether oxygens (including phenoxy) is 2. The predicted octanol–water partition coefficient (Wildman–Crippen LogP) is 3.00. The highest BCUT2D eigenvalue weighted by Crippen LogP contribution is 2.27. The van der Waals surface area contributed by atoms with Crippen LogP contribution < -0.4 is 25.9 Å². The molecule has 148 valence electrons. The second kappa shape index (κ2) is 10.3. The van der Waals surface area contributed by atoms with Gasteiger partial charge in [0.1, 0.15) is 0 Å². The SMILES string of the molecule is COc1cc(/C=N/NC(=S)Nc2ccc(C(C)C)cc2)ccc1OCC(N)=O. The van der Waals surface area contributed by atoms with Crippen LogP contribution in [0.25, 0.3) is 0 Å². The molecule has 1 amide bonds. The molecule has 8 heteroatoms. The first-order valence-electron chi connectivity index (χ1n) is 8.68. The normalized spacial score (nSPS) is 10.7. The molecule has 0 aliphatic carbocycles. The van der Waals surface area contributed by atoms with Crippen LogP contribution in [0.15, 0.2) is 47.6 Å². The molecule has 0 aliphatic rings. The molecule has 2 aromatic carbocycles. The van der Waals surface area contributed by atoms with E-state index in [0.717, 1.165) is 11.3 Å². The molecule has 28 heavy (non-hydrogen) atoms. The number of hydrogen-bond acceptors (Lipinski definition) is 5. The van der Waals surface area contributed by atoms with E-state index in [-0.39, 0.29) is 6.61 Å². The number of hydrazone groups is 1. The van der Waals surface area contributed by atoms with Crippen LogP contribution in [0.3, 0.4) is 0 Å². The molecule has 7 nitrogen and oxygen atoms in total. The lowest BCUT2D eigenvalue weighted by Crippen LogP contribution is -2.23. The molecular formula is C20H24N4O3S. The second-order valence-electron chi connectivity index (χ2n) is 6.27. The maximum absolute atomic E-state index is 10.8. The summed E-state index contributed by atoms with van der Waals surface area (Å²) in [6, 6.07) is 13.2. The van der Waals surface area contributed by atoms with Gasteiger partial charge in [-0.25, -0.2) is 0 Å². The van der Waals surface area contributed by atoms with Gasteiger partial charge in [-0.15, -0.1) is 0 Å². The Kier molecular flexibility index (Phi) is 7.76. The molecular weight excluding hydrogens is 376 g/mol. The van der Waals surface area contributed by atoms with Crippen molar-refractivity contribution in [2.45, 2.75) is 19.8 Å². The highest BCUT2D eigenvalue weighted by Gasteiger charge is 2.06. The van der Waals surface area contributed by atoms with Gasteiger partial charge in [0, 0.05) is 5.69 Å². The summed E-state index contributed by atoms with van der Waals surface area (Å²) in [5.74, 6) is 0.814. The number of nitrogens with two attached hydrogens (primary N) is 1. The fourth-order valence-corrected chi connectivity index (χ4v) is 2.48. The third-order valence-corrected chi connectivity index (χ3v) is 3.97. The zero-order valence-corrected chi connectivity index (χ0v) is 16.9. The number of nitrogens with one attached hydrogen (secondary N) is 2. The average Bonchev–Trinajstić information content (AvgIpc) is 2.67. The number of anilines is 1. The molecule has 0 heterocycles. The van der Waals surface area contributed by atoms with Crippen molar-refractivity contribution in [3.63, 3.8) is 0 Å². The van der Waals surface area contributed by atoms with Crippen LogP contribution >= 0.6 is 12.2 Å². The number of amides is 1. The van der Waals surface area contributed by atoms with E-state index in [1.807, 2.05) is 12.1 Å². The zero-order chi connectivity index (χ0) is 20.5. The van der Waals surface area contributed by atoms with Crippen LogP contribution in [0.5, 0.6) is 11.5 Å². The number of rotatable bonds is 8. The Morgan fingerprint density at radius 3 is 2.54 bits per heavy atom. The monoisotopic (exact) mass is 400 g/mol. The topological polar surface area (TPSA) is 98.0 Å². The highest BCUT2D eigenvalue weighted by atomic mass is 32.1. The minimum absolute atomic E-state index is 0.219. The Balaban J connectivity index is 1.92. The lowest BCUT2D eigenvalue weighted by molar-refractivity contribution is -0.119. The molecule has 2 aromatic rings. The lowest BCUT2D eigenvalue weighted by atomic mass is 10.0. The van der Waals surface area contributed by atoms with Crippen LogP contribution in [0, 0.1) is 0 Å². The zero-order valence-electron chi connectivity index (χ0n) is 16.1. The van der Waals surface area contributed by atoms with Crippen molar-refractivity contribution < 1.29 is 14.3 Å². The maximum Gasteiger partial charge on any atom is 0.255 e. The summed E-state index contributed by atoms with van der Waals surface area (Å²) in [4.78, 5) is 10.8. The van der Waals surface area contributed by atoms with Gasteiger partial charge in [0.15, 0.2) is 23.2 Å². The summed E-state index contributed by atoms with van der Waals surface area (Å²) in [6.45, 7) is 4.08. The van der Waals surface area contributed by atoms with Crippen molar-refractivity contribution in [3.05, 3.63) is 53.6 Å². The van der Waals surface area contributed by atoms with E-state index in [2.05, 4.69) is 41.8 Å². The van der Waals surface area contributed by atoms with Crippen LogP contribution in [-0.2, 0) is 4.79 Å². The van der Waals surface area contributed by atoms with Gasteiger partial charge in [-0.1, -0.05) is 26.0 Å². The van der Waals surface area contributed by atoms with Gasteiger partial charge in [-0.3, -0.25) is 10.2 Å². The van der Waals surface area contributed by atoms with Gasteiger partial charge in [0.25, 0.3) is 5.91 Å². The van der Waals surface area contributed by atoms with E-state index < -0.39 is 5.91 Å². The molecule has 0 bridgehead atoms. The Morgan fingerprint density at radius 2 is 1.93 bits per heavy atom. The number of nitrogens with zero attached hydrogens (tertiary/aromatic N) is 1. The first kappa shape index (κ1) is 21.2. The van der Waals surface area contributed by atoms with Crippen molar-refractivity contribution in [2.24, 2.45) is 10.8 Å². The number of thiocarbonyl (C=S) groups is 1. The average molecular weight is 401 g/mol. The Bertz CT molecular complexity index is 851. The summed E-state index contributed by atoms with van der Waals surface area (Å²) in [6.07, 6.45) is 1.59. The molecule has 0 spiro atoms. The highest BCUT2D eigenvalue weighted by molar-refractivity contribution is 7.80. The molecule has 0 radical (unpaired) electrons. The quantitative estimate of drug-likeness (QED) is 0.358. The Labute approximate surface area is 169 Å². The van der Waals surface area contributed by atoms with E-state index in [4.69, 9.17) is 27.4 Å². The van der Waals surface area contributed by atoms with Crippen molar-refractivity contribution in [3.8, 4) is 11.5 Å². The molecule has 0 aliphatic heterocycles. The van der Waals surface area contributed by atoms with Crippen molar-refractivity contribution in [1.82, 2.24) is 5.43 Å². The third kappa shape index (κ3) is 6.55. The molecule has 2 rings (SSSR count). The number of methoxy groups -OCH3 is 1. The lowest BCUT2D eigenvalue weighted by Gasteiger charge is -2.10. The van der Waals surface area contributed by atoms with Gasteiger partial charge in [0.2, 0.25) is 0 Å². The number of carbonyl (C=O) groups is 1. The molecule has 0 atom stereocenters. The standard InChI is InChI=1S/C20H24N4O3S/c1-13(2)15-5-7-16(8-6-15)23-20(28)24-22-11-14-4-9-17(18(10-14)26-3)27-12-19(21)25/h4-11,13H,12H2,1-3H3,(H2,21,25)(H2,23,24,28)/b22-11+. The largest absolute Gasteiger partial charge is 0.493 e. The minimum atomic E-state index is -0.559. The first-order valence-corrected chi connectivity index (χ1v) is 9.09. The van der Waals surface area contributed by atoms with Crippen LogP contribution in [0.4, 0.5) is 5.69 Å². The van der Waals surface area contributed by atoms with Crippen molar-refractivity contribution >= 4 is 35.1 Å². The summed E-state index contributed by atoms with van der Waals surface area (Å²) in [5, 5.41) is 7.56. The van der Waals surface area contributed by atoms with E-state index in [1.165, 1.54) is 12.7 Å². The van der Waals surface area contributed by atoms with Crippen molar-refractivity contribution in [2.75, 3.05) is 19.0 Å². The van der Waals surface area contributed by atoms with E-state index in [0.29, 0.717) is 22.5 Å². The fraction of sp³-hybridized carbons (Fsp3) is 0.250. The summed E-state index contributed by atoms with van der Waals surface area (Å²) in [7, 11) is 1.51. The fourth-order valence-electron chi connectivity index (χ4n) is 2.31. The molecule has 0 saturated carbocycles. The number of carbonyl (C=O) groups excluding carboxylic acids is 1. The molecule has 4 N–H and O–H groups in total. The predicted molar refractivity (Wildman–Crippen MR) is 115 cm³/mol. The Hall–Kier alpha value is -3.13. The second-order valence-corrected chi connectivity index (χ2v) is 6.67. The molecule has 0 aromatic heterocycles. The van der Waals surface area contributed by atoms with E-state index in [1.54, 1.807) is 24.4 Å². The molecule has 0 fully saturated rings. The van der Waals surface area contributed by atoms with Gasteiger partial charge in [-0.05, 0) is 59.6 Å². The van der Waals surface area contributed by atoms with E-state index in [9.17, 15) is 4.79 Å². The van der Waals surface area contributed by atoms with Crippen LogP contribution in [0.1, 0.15) is 30.9 Å². The van der Waals surface area contributed by atoms with Crippen LogP contribution in [0.2, 0.25) is 0 Å². The van der Waals surface area contributed by atoms with Gasteiger partial charge < -0.3 is 20.5 Å². The van der Waals surface area contributed by atoms with Gasteiger partial charge in [-0.2, -0.15) is 5.10 Å². The van der Waals surface area contributed by atoms with Gasteiger partial charge in [0.05, 0.1) is 13.3 Å². The van der Waals surface area contributed by atoms with Gasteiger partial charge >= 0.3 is 0 Å². The number of benzene rings is 2.